The highest BCUT2D eigenvalue weighted by Crippen LogP contribution is 2.35. The summed E-state index contributed by atoms with van der Waals surface area (Å²) >= 11 is 0. The van der Waals surface area contributed by atoms with E-state index >= 15 is 0 Å². The molecule has 12 heteroatoms. The van der Waals surface area contributed by atoms with Crippen LogP contribution in [0, 0.1) is 10.6 Å². The van der Waals surface area contributed by atoms with Gasteiger partial charge in [-0.2, -0.15) is 0 Å². The summed E-state index contributed by atoms with van der Waals surface area (Å²) in [5.41, 5.74) is -2.42. The van der Waals surface area contributed by atoms with Gasteiger partial charge in [0.25, 0.3) is 12.0 Å². The van der Waals surface area contributed by atoms with E-state index in [0.717, 1.165) is 6.07 Å². The molecule has 3 aromatic rings. The number of fused-ring (bicyclic) bond motifs is 1. The predicted octanol–water partition coefficient (Wildman–Crippen LogP) is 3.61. The molecule has 0 bridgehead atoms. The van der Waals surface area contributed by atoms with Crippen molar-refractivity contribution in [1.29, 1.82) is 4.78 Å². The van der Waals surface area contributed by atoms with E-state index in [1.54, 1.807) is 6.92 Å². The van der Waals surface area contributed by atoms with Gasteiger partial charge in [-0.3, -0.25) is 14.1 Å². The largest absolute Gasteiger partial charge is 0.385 e. The van der Waals surface area contributed by atoms with Gasteiger partial charge in [0.2, 0.25) is 0 Å². The monoisotopic (exact) mass is 495 g/mol. The first-order valence-electron chi connectivity index (χ1n) is 10.6. The molecule has 3 N–H and O–H groups in total. The smallest absolute Gasteiger partial charge is 0.266 e. The first-order valence-corrected chi connectivity index (χ1v) is 12.5. The number of rotatable bonds is 5. The topological polar surface area (TPSA) is 121 Å². The zero-order valence-corrected chi connectivity index (χ0v) is 19.3. The standard InChI is InChI=1S/C22H24F3N5O3S/c1-12(13-4-3-5-14(17(13)23)18(24)25)29-19-15-10-16(21(31)30(2)20(15)28-11-27-19)22(32)6-8-34(26,33)9-7-22/h3-5,10-12,18,26,32H,6-9H2,1-2H3,(H,27,28,29)/t12-,22?,34?/m1/s1. The highest BCUT2D eigenvalue weighted by molar-refractivity contribution is 7.92. The first-order chi connectivity index (χ1) is 15.9. The summed E-state index contributed by atoms with van der Waals surface area (Å²) in [5.74, 6) is -0.852. The molecular formula is C22H24F3N5O3S. The average Bonchev–Trinajstić information content (AvgIpc) is 2.78. The minimum atomic E-state index is -2.96. The lowest BCUT2D eigenvalue weighted by molar-refractivity contribution is 0.0253. The maximum Gasteiger partial charge on any atom is 0.266 e. The van der Waals surface area contributed by atoms with Crippen molar-refractivity contribution < 1.29 is 22.5 Å². The molecule has 1 aliphatic heterocycles. The summed E-state index contributed by atoms with van der Waals surface area (Å²) in [5, 5.41) is 14.6. The lowest BCUT2D eigenvalue weighted by Gasteiger charge is -2.33. The van der Waals surface area contributed by atoms with E-state index in [9.17, 15) is 27.3 Å². The van der Waals surface area contributed by atoms with E-state index < -0.39 is 44.7 Å². The molecule has 0 spiro atoms. The predicted molar refractivity (Wildman–Crippen MR) is 122 cm³/mol. The van der Waals surface area contributed by atoms with Gasteiger partial charge in [-0.05, 0) is 25.8 Å². The van der Waals surface area contributed by atoms with E-state index in [-0.39, 0.29) is 46.9 Å². The van der Waals surface area contributed by atoms with Crippen LogP contribution in [0.3, 0.4) is 0 Å². The highest BCUT2D eigenvalue weighted by Gasteiger charge is 2.38. The van der Waals surface area contributed by atoms with Crippen LogP contribution in [0.5, 0.6) is 0 Å². The summed E-state index contributed by atoms with van der Waals surface area (Å²) in [6, 6.07) is 4.46. The summed E-state index contributed by atoms with van der Waals surface area (Å²) in [4.78, 5) is 21.4. The van der Waals surface area contributed by atoms with Crippen LogP contribution >= 0.6 is 0 Å². The summed E-state index contributed by atoms with van der Waals surface area (Å²) in [6.07, 6.45) is -1.75. The van der Waals surface area contributed by atoms with Crippen molar-refractivity contribution >= 4 is 26.6 Å². The first kappa shape index (κ1) is 24.1. The Morgan fingerprint density at radius 1 is 1.24 bits per heavy atom. The second-order valence-corrected chi connectivity index (χ2v) is 11.0. The van der Waals surface area contributed by atoms with E-state index in [1.807, 2.05) is 0 Å². The van der Waals surface area contributed by atoms with Gasteiger partial charge in [-0.25, -0.2) is 27.3 Å². The molecule has 182 valence electrons. The van der Waals surface area contributed by atoms with Crippen LogP contribution in [-0.2, 0) is 22.4 Å². The maximum absolute atomic E-state index is 14.7. The molecule has 2 aromatic heterocycles. The lowest BCUT2D eigenvalue weighted by Crippen LogP contribution is -2.41. The third kappa shape index (κ3) is 4.27. The van der Waals surface area contributed by atoms with Crippen molar-refractivity contribution in [3.8, 4) is 0 Å². The fourth-order valence-corrected chi connectivity index (χ4v) is 5.77. The number of pyridine rings is 1. The van der Waals surface area contributed by atoms with Gasteiger partial charge in [-0.1, -0.05) is 18.2 Å². The average molecular weight is 496 g/mol. The van der Waals surface area contributed by atoms with E-state index in [0.29, 0.717) is 5.39 Å². The molecule has 0 saturated carbocycles. The summed E-state index contributed by atoms with van der Waals surface area (Å²) < 4.78 is 62.0. The fourth-order valence-electron chi connectivity index (χ4n) is 4.24. The number of hydrogen-bond acceptors (Lipinski definition) is 7. The van der Waals surface area contributed by atoms with Crippen molar-refractivity contribution in [2.75, 3.05) is 16.8 Å². The SMILES string of the molecule is C[C@@H](Nc1ncnc2c1cc(C1(O)CCS(=N)(=O)CC1)c(=O)n2C)c1cccc(C(F)F)c1F. The Hall–Kier alpha value is -2.99. The van der Waals surface area contributed by atoms with Gasteiger partial charge in [0.15, 0.2) is 0 Å². The number of hydrogen-bond donors (Lipinski definition) is 3. The Bertz CT molecular complexity index is 1410. The Kier molecular flexibility index (Phi) is 6.15. The molecule has 1 aromatic carbocycles. The molecule has 0 radical (unpaired) electrons. The van der Waals surface area contributed by atoms with Crippen molar-refractivity contribution in [1.82, 2.24) is 14.5 Å². The van der Waals surface area contributed by atoms with Gasteiger partial charge < -0.3 is 10.4 Å². The summed E-state index contributed by atoms with van der Waals surface area (Å²) in [7, 11) is -1.30. The second kappa shape index (κ2) is 8.66. The molecular weight excluding hydrogens is 471 g/mol. The fraction of sp³-hybridized carbons (Fsp3) is 0.409. The second-order valence-electron chi connectivity index (χ2n) is 8.55. The molecule has 1 fully saturated rings. The number of benzene rings is 1. The van der Waals surface area contributed by atoms with Crippen LogP contribution in [0.1, 0.15) is 48.9 Å². The number of aliphatic hydroxyl groups is 1. The number of anilines is 1. The van der Waals surface area contributed by atoms with Crippen molar-refractivity contribution in [3.05, 3.63) is 63.5 Å². The molecule has 4 rings (SSSR count). The maximum atomic E-state index is 14.7. The Morgan fingerprint density at radius 3 is 2.53 bits per heavy atom. The Labute approximate surface area is 193 Å². The van der Waals surface area contributed by atoms with Gasteiger partial charge in [0.05, 0.1) is 22.6 Å². The van der Waals surface area contributed by atoms with E-state index in [1.165, 1.54) is 36.1 Å². The number of nitrogens with zero attached hydrogens (tertiary/aromatic N) is 3. The summed E-state index contributed by atoms with van der Waals surface area (Å²) in [6.45, 7) is 1.59. The molecule has 0 unspecified atom stereocenters. The van der Waals surface area contributed by atoms with E-state index in [4.69, 9.17) is 4.78 Å². The normalized spacial score (nSPS) is 23.9. The molecule has 3 heterocycles. The van der Waals surface area contributed by atoms with Gasteiger partial charge in [-0.15, -0.1) is 0 Å². The molecule has 1 saturated heterocycles. The minimum absolute atomic E-state index is 0.00539. The minimum Gasteiger partial charge on any atom is -0.385 e. The van der Waals surface area contributed by atoms with E-state index in [2.05, 4.69) is 15.3 Å². The van der Waals surface area contributed by atoms with Crippen LogP contribution in [-0.4, -0.2) is 35.4 Å². The van der Waals surface area contributed by atoms with Crippen LogP contribution in [0.2, 0.25) is 0 Å². The van der Waals surface area contributed by atoms with Gasteiger partial charge in [0.1, 0.15) is 23.6 Å². The van der Waals surface area contributed by atoms with Gasteiger partial charge in [0, 0.05) is 39.4 Å². The molecule has 8 nitrogen and oxygen atoms in total. The third-order valence-electron chi connectivity index (χ3n) is 6.31. The quantitative estimate of drug-likeness (QED) is 0.497. The number of halogens is 3. The number of aromatic nitrogens is 3. The Morgan fingerprint density at radius 2 is 1.88 bits per heavy atom. The Balaban J connectivity index is 1.78. The van der Waals surface area contributed by atoms with Crippen LogP contribution in [0.25, 0.3) is 11.0 Å². The molecule has 0 aliphatic carbocycles. The third-order valence-corrected chi connectivity index (χ3v) is 8.04. The lowest BCUT2D eigenvalue weighted by atomic mass is 9.88. The van der Waals surface area contributed by atoms with Crippen molar-refractivity contribution in [3.63, 3.8) is 0 Å². The number of nitrogens with one attached hydrogen (secondary N) is 2. The van der Waals surface area contributed by atoms with Crippen LogP contribution in [0.4, 0.5) is 19.0 Å². The van der Waals surface area contributed by atoms with Crippen LogP contribution < -0.4 is 10.9 Å². The molecule has 34 heavy (non-hydrogen) atoms. The van der Waals surface area contributed by atoms with Gasteiger partial charge >= 0.3 is 0 Å². The highest BCUT2D eigenvalue weighted by atomic mass is 32.2. The van der Waals surface area contributed by atoms with Crippen molar-refractivity contribution in [2.45, 2.75) is 37.8 Å². The molecule has 0 amide bonds. The zero-order valence-electron chi connectivity index (χ0n) is 18.5. The van der Waals surface area contributed by atoms with Crippen LogP contribution in [0.15, 0.2) is 35.4 Å². The van der Waals surface area contributed by atoms with Crippen molar-refractivity contribution in [2.24, 2.45) is 7.05 Å². The molecule has 1 aliphatic rings. The molecule has 1 atom stereocenters. The zero-order chi connectivity index (χ0) is 24.8. The number of alkyl halides is 2. The number of aryl methyl sites for hydroxylation is 1.